The van der Waals surface area contributed by atoms with Gasteiger partial charge in [-0.2, -0.15) is 0 Å². The zero-order valence-corrected chi connectivity index (χ0v) is 13.3. The molecule has 3 heteroatoms. The average Bonchev–Trinajstić information content (AvgIpc) is 2.44. The number of pyridine rings is 1. The van der Waals surface area contributed by atoms with E-state index in [1.165, 1.54) is 5.56 Å². The molecular weight excluding hydrogens is 260 g/mol. The molecular formula is C18H24N2O. The first-order chi connectivity index (χ1) is 9.94. The van der Waals surface area contributed by atoms with E-state index in [9.17, 15) is 0 Å². The van der Waals surface area contributed by atoms with Crippen LogP contribution in [0.15, 0.2) is 42.6 Å². The zero-order chi connectivity index (χ0) is 15.3. The molecule has 0 aliphatic rings. The van der Waals surface area contributed by atoms with Gasteiger partial charge in [-0.3, -0.25) is 4.98 Å². The number of aryl methyl sites for hydroxylation is 1. The molecule has 21 heavy (non-hydrogen) atoms. The number of rotatable bonds is 5. The van der Waals surface area contributed by atoms with Crippen molar-refractivity contribution in [2.75, 3.05) is 0 Å². The summed E-state index contributed by atoms with van der Waals surface area (Å²) in [5.74, 6) is 0.906. The molecule has 0 aliphatic carbocycles. The minimum atomic E-state index is 0.0710. The molecule has 0 atom stereocenters. The molecule has 0 aliphatic heterocycles. The van der Waals surface area contributed by atoms with E-state index in [4.69, 9.17) is 4.74 Å². The summed E-state index contributed by atoms with van der Waals surface area (Å²) < 4.78 is 5.99. The number of nitrogens with zero attached hydrogens (tertiary/aromatic N) is 1. The lowest BCUT2D eigenvalue weighted by Crippen LogP contribution is -2.35. The summed E-state index contributed by atoms with van der Waals surface area (Å²) in [4.78, 5) is 4.38. The Morgan fingerprint density at radius 2 is 1.86 bits per heavy atom. The van der Waals surface area contributed by atoms with Crippen molar-refractivity contribution in [1.82, 2.24) is 10.3 Å². The fourth-order valence-electron chi connectivity index (χ4n) is 1.93. The molecule has 0 saturated carbocycles. The summed E-state index contributed by atoms with van der Waals surface area (Å²) in [6, 6.07) is 12.2. The second-order valence-corrected chi connectivity index (χ2v) is 6.31. The van der Waals surface area contributed by atoms with Crippen LogP contribution in [0.5, 0.6) is 5.75 Å². The lowest BCUT2D eigenvalue weighted by atomic mass is 10.1. The largest absolute Gasteiger partial charge is 0.488 e. The Bertz CT molecular complexity index is 574. The van der Waals surface area contributed by atoms with Gasteiger partial charge in [0, 0.05) is 35.6 Å². The second-order valence-electron chi connectivity index (χ2n) is 6.31. The van der Waals surface area contributed by atoms with Gasteiger partial charge in [0.2, 0.25) is 0 Å². The van der Waals surface area contributed by atoms with Crippen LogP contribution in [-0.2, 0) is 13.2 Å². The Kier molecular flexibility index (Phi) is 4.97. The summed E-state index contributed by atoms with van der Waals surface area (Å²) in [6.45, 7) is 9.77. The zero-order valence-electron chi connectivity index (χ0n) is 13.3. The predicted octanol–water partition coefficient (Wildman–Crippen LogP) is 3.86. The molecule has 1 aromatic heterocycles. The van der Waals surface area contributed by atoms with Gasteiger partial charge in [0.25, 0.3) is 0 Å². The van der Waals surface area contributed by atoms with Gasteiger partial charge in [-0.05, 0) is 33.3 Å². The maximum absolute atomic E-state index is 5.99. The number of ether oxygens (including phenoxy) is 1. The number of hydrogen-bond acceptors (Lipinski definition) is 3. The van der Waals surface area contributed by atoms with E-state index in [1.807, 2.05) is 37.4 Å². The highest BCUT2D eigenvalue weighted by Gasteiger charge is 2.12. The average molecular weight is 284 g/mol. The summed E-state index contributed by atoms with van der Waals surface area (Å²) in [5, 5.41) is 3.48. The van der Waals surface area contributed by atoms with Gasteiger partial charge in [-0.25, -0.2) is 0 Å². The van der Waals surface area contributed by atoms with E-state index in [2.05, 4.69) is 43.2 Å². The molecule has 1 N–H and O–H groups in total. The molecule has 0 fully saturated rings. The first-order valence-corrected chi connectivity index (χ1v) is 7.31. The Balaban J connectivity index is 2.08. The van der Waals surface area contributed by atoms with Gasteiger partial charge in [0.05, 0.1) is 0 Å². The molecule has 0 unspecified atom stereocenters. The van der Waals surface area contributed by atoms with Crippen molar-refractivity contribution in [3.05, 3.63) is 59.4 Å². The highest BCUT2D eigenvalue weighted by Crippen LogP contribution is 2.20. The van der Waals surface area contributed by atoms with Crippen LogP contribution in [0.1, 0.15) is 37.6 Å². The van der Waals surface area contributed by atoms with Crippen LogP contribution in [0.4, 0.5) is 0 Å². The van der Waals surface area contributed by atoms with Gasteiger partial charge in [0.15, 0.2) is 0 Å². The third-order valence-corrected chi connectivity index (χ3v) is 3.13. The second kappa shape index (κ2) is 6.72. The fourth-order valence-corrected chi connectivity index (χ4v) is 1.93. The smallest absolute Gasteiger partial charge is 0.127 e. The summed E-state index contributed by atoms with van der Waals surface area (Å²) in [6.07, 6.45) is 1.90. The molecule has 2 aromatic rings. The molecule has 1 aromatic carbocycles. The van der Waals surface area contributed by atoms with Crippen molar-refractivity contribution >= 4 is 0 Å². The van der Waals surface area contributed by atoms with Gasteiger partial charge in [-0.15, -0.1) is 0 Å². The Hall–Kier alpha value is -1.87. The molecule has 1 heterocycles. The summed E-state index contributed by atoms with van der Waals surface area (Å²) in [7, 11) is 0. The van der Waals surface area contributed by atoms with E-state index in [1.54, 1.807) is 0 Å². The van der Waals surface area contributed by atoms with E-state index in [0.29, 0.717) is 6.61 Å². The monoisotopic (exact) mass is 284 g/mol. The van der Waals surface area contributed by atoms with Crippen LogP contribution in [0.2, 0.25) is 0 Å². The van der Waals surface area contributed by atoms with E-state index >= 15 is 0 Å². The molecule has 0 radical (unpaired) electrons. The lowest BCUT2D eigenvalue weighted by Gasteiger charge is -2.21. The van der Waals surface area contributed by atoms with Crippen LogP contribution in [0.25, 0.3) is 0 Å². The molecule has 2 rings (SSSR count). The number of aromatic nitrogens is 1. The van der Waals surface area contributed by atoms with Crippen molar-refractivity contribution in [2.24, 2.45) is 0 Å². The van der Waals surface area contributed by atoms with E-state index in [-0.39, 0.29) is 5.54 Å². The molecule has 3 nitrogen and oxygen atoms in total. The van der Waals surface area contributed by atoms with Crippen LogP contribution >= 0.6 is 0 Å². The first kappa shape index (κ1) is 15.5. The molecule has 0 bridgehead atoms. The number of benzene rings is 1. The van der Waals surface area contributed by atoms with Crippen LogP contribution in [0, 0.1) is 6.92 Å². The van der Waals surface area contributed by atoms with Crippen molar-refractivity contribution in [2.45, 2.75) is 46.4 Å². The minimum Gasteiger partial charge on any atom is -0.488 e. The summed E-state index contributed by atoms with van der Waals surface area (Å²) in [5.41, 5.74) is 3.30. The van der Waals surface area contributed by atoms with Crippen molar-refractivity contribution in [1.29, 1.82) is 0 Å². The van der Waals surface area contributed by atoms with Gasteiger partial charge < -0.3 is 10.1 Å². The van der Waals surface area contributed by atoms with Crippen LogP contribution in [-0.4, -0.2) is 10.5 Å². The predicted molar refractivity (Wildman–Crippen MR) is 86.3 cm³/mol. The van der Waals surface area contributed by atoms with Gasteiger partial charge >= 0.3 is 0 Å². The molecule has 0 spiro atoms. The molecule has 112 valence electrons. The van der Waals surface area contributed by atoms with Crippen molar-refractivity contribution in [3.63, 3.8) is 0 Å². The molecule has 0 saturated heterocycles. The molecule has 0 amide bonds. The Morgan fingerprint density at radius 3 is 2.52 bits per heavy atom. The quantitative estimate of drug-likeness (QED) is 0.905. The Morgan fingerprint density at radius 1 is 1.14 bits per heavy atom. The lowest BCUT2D eigenvalue weighted by molar-refractivity contribution is 0.299. The van der Waals surface area contributed by atoms with Crippen molar-refractivity contribution < 1.29 is 4.74 Å². The third-order valence-electron chi connectivity index (χ3n) is 3.13. The van der Waals surface area contributed by atoms with Gasteiger partial charge in [-0.1, -0.05) is 30.3 Å². The summed E-state index contributed by atoms with van der Waals surface area (Å²) >= 11 is 0. The SMILES string of the molecule is Cc1cc(OCc2ccccc2)c(CNC(C)(C)C)cn1. The van der Waals surface area contributed by atoms with Crippen LogP contribution in [0.3, 0.4) is 0 Å². The normalized spacial score (nSPS) is 11.4. The standard InChI is InChI=1S/C18H24N2O/c1-14-10-17(21-13-15-8-6-5-7-9-15)16(11-19-14)12-20-18(2,3)4/h5-11,20H,12-13H2,1-4H3. The minimum absolute atomic E-state index is 0.0710. The first-order valence-electron chi connectivity index (χ1n) is 7.31. The fraction of sp³-hybridized carbons (Fsp3) is 0.389. The van der Waals surface area contributed by atoms with Gasteiger partial charge in [0.1, 0.15) is 12.4 Å². The van der Waals surface area contributed by atoms with Crippen LogP contribution < -0.4 is 10.1 Å². The highest BCUT2D eigenvalue weighted by molar-refractivity contribution is 5.33. The third kappa shape index (κ3) is 5.20. The topological polar surface area (TPSA) is 34.1 Å². The van der Waals surface area contributed by atoms with E-state index < -0.39 is 0 Å². The highest BCUT2D eigenvalue weighted by atomic mass is 16.5. The maximum Gasteiger partial charge on any atom is 0.127 e. The van der Waals surface area contributed by atoms with E-state index in [0.717, 1.165) is 23.6 Å². The Labute approximate surface area is 127 Å². The number of nitrogens with one attached hydrogen (secondary N) is 1. The van der Waals surface area contributed by atoms with Crippen molar-refractivity contribution in [3.8, 4) is 5.75 Å². The maximum atomic E-state index is 5.99. The number of hydrogen-bond donors (Lipinski definition) is 1.